The van der Waals surface area contributed by atoms with Gasteiger partial charge in [0.1, 0.15) is 5.75 Å². The third-order valence-electron chi connectivity index (χ3n) is 3.40. The van der Waals surface area contributed by atoms with Gasteiger partial charge < -0.3 is 4.74 Å². The van der Waals surface area contributed by atoms with Crippen LogP contribution < -0.4 is 10.2 Å². The largest absolute Gasteiger partial charge is 0.423 e. The van der Waals surface area contributed by atoms with Gasteiger partial charge in [0.15, 0.2) is 0 Å². The molecule has 0 atom stereocenters. The zero-order valence-electron chi connectivity index (χ0n) is 13.7. The highest BCUT2D eigenvalue weighted by molar-refractivity contribution is 5.94. The highest BCUT2D eigenvalue weighted by Crippen LogP contribution is 2.14. The Morgan fingerprint density at radius 2 is 1.69 bits per heavy atom. The van der Waals surface area contributed by atoms with E-state index in [0.717, 1.165) is 0 Å². The van der Waals surface area contributed by atoms with Gasteiger partial charge in [-0.15, -0.1) is 0 Å². The Kier molecular flexibility index (Phi) is 5.47. The fourth-order valence-corrected chi connectivity index (χ4v) is 2.13. The van der Waals surface area contributed by atoms with Crippen LogP contribution in [-0.2, 0) is 0 Å². The summed E-state index contributed by atoms with van der Waals surface area (Å²) >= 11 is 0. The van der Waals surface area contributed by atoms with Crippen molar-refractivity contribution in [1.29, 1.82) is 0 Å². The van der Waals surface area contributed by atoms with Crippen molar-refractivity contribution in [2.24, 2.45) is 5.10 Å². The maximum atomic E-state index is 12.1. The number of nitrogens with one attached hydrogen (secondary N) is 1. The van der Waals surface area contributed by atoms with Crippen molar-refractivity contribution < 1.29 is 14.3 Å². The Labute approximate surface area is 150 Å². The molecule has 0 aliphatic carbocycles. The molecule has 0 aliphatic rings. The smallest absolute Gasteiger partial charge is 0.343 e. The van der Waals surface area contributed by atoms with E-state index < -0.39 is 5.97 Å². The first kappa shape index (κ1) is 17.0. The van der Waals surface area contributed by atoms with Crippen LogP contribution >= 0.6 is 0 Å². The number of aromatic nitrogens is 1. The summed E-state index contributed by atoms with van der Waals surface area (Å²) in [6, 6.07) is 18.8. The lowest BCUT2D eigenvalue weighted by molar-refractivity contribution is 0.0734. The van der Waals surface area contributed by atoms with E-state index in [1.165, 1.54) is 18.6 Å². The second-order valence-corrected chi connectivity index (χ2v) is 5.26. The maximum Gasteiger partial charge on any atom is 0.343 e. The standard InChI is InChI=1S/C20H15N3O3/c24-19(16-9-11-21-12-10-16)23-22-14-15-5-4-8-18(13-15)26-20(25)17-6-2-1-3-7-17/h1-14H,(H,23,24). The predicted octanol–water partition coefficient (Wildman–Crippen LogP) is 3.06. The number of hydrogen-bond donors (Lipinski definition) is 1. The lowest BCUT2D eigenvalue weighted by Gasteiger charge is -2.05. The summed E-state index contributed by atoms with van der Waals surface area (Å²) in [6.45, 7) is 0. The lowest BCUT2D eigenvalue weighted by atomic mass is 10.2. The van der Waals surface area contributed by atoms with Gasteiger partial charge in [-0.05, 0) is 42.0 Å². The number of esters is 1. The van der Waals surface area contributed by atoms with Crippen molar-refractivity contribution >= 4 is 18.1 Å². The van der Waals surface area contributed by atoms with Crippen LogP contribution in [-0.4, -0.2) is 23.1 Å². The van der Waals surface area contributed by atoms with Crippen molar-refractivity contribution in [3.8, 4) is 5.75 Å². The van der Waals surface area contributed by atoms with Crippen LogP contribution in [0.25, 0.3) is 0 Å². The minimum atomic E-state index is -0.439. The van der Waals surface area contributed by atoms with Gasteiger partial charge in [0, 0.05) is 18.0 Å². The van der Waals surface area contributed by atoms with Crippen molar-refractivity contribution in [1.82, 2.24) is 10.4 Å². The van der Waals surface area contributed by atoms with Crippen LogP contribution in [0, 0.1) is 0 Å². The molecule has 0 saturated heterocycles. The number of benzene rings is 2. The van der Waals surface area contributed by atoms with E-state index in [4.69, 9.17) is 4.74 Å². The number of nitrogens with zero attached hydrogens (tertiary/aromatic N) is 2. The second kappa shape index (κ2) is 8.34. The highest BCUT2D eigenvalue weighted by atomic mass is 16.5. The van der Waals surface area contributed by atoms with Crippen molar-refractivity contribution in [2.45, 2.75) is 0 Å². The Bertz CT molecular complexity index is 925. The molecule has 1 N–H and O–H groups in total. The summed E-state index contributed by atoms with van der Waals surface area (Å²) in [6.07, 6.45) is 4.53. The van der Waals surface area contributed by atoms with Crippen LogP contribution in [0.1, 0.15) is 26.3 Å². The zero-order chi connectivity index (χ0) is 18.2. The Morgan fingerprint density at radius 3 is 2.46 bits per heavy atom. The molecule has 0 spiro atoms. The molecule has 1 aromatic heterocycles. The second-order valence-electron chi connectivity index (χ2n) is 5.26. The summed E-state index contributed by atoms with van der Waals surface area (Å²) in [5, 5.41) is 3.91. The molecule has 6 nitrogen and oxygen atoms in total. The third kappa shape index (κ3) is 4.61. The number of hydrazone groups is 1. The van der Waals surface area contributed by atoms with Crippen LogP contribution in [0.4, 0.5) is 0 Å². The van der Waals surface area contributed by atoms with Crippen molar-refractivity contribution in [2.75, 3.05) is 0 Å². The van der Waals surface area contributed by atoms with E-state index in [9.17, 15) is 9.59 Å². The van der Waals surface area contributed by atoms with Crippen molar-refractivity contribution in [3.63, 3.8) is 0 Å². The minimum Gasteiger partial charge on any atom is -0.423 e. The number of carbonyl (C=O) groups is 2. The number of rotatable bonds is 5. The molecule has 1 amide bonds. The molecule has 3 aromatic rings. The number of amides is 1. The molecule has 6 heteroatoms. The Hall–Kier alpha value is -3.80. The number of carbonyl (C=O) groups excluding carboxylic acids is 2. The summed E-state index contributed by atoms with van der Waals surface area (Å²) in [7, 11) is 0. The maximum absolute atomic E-state index is 12.1. The monoisotopic (exact) mass is 345 g/mol. The molecule has 0 radical (unpaired) electrons. The average Bonchev–Trinajstić information content (AvgIpc) is 2.69. The van der Waals surface area contributed by atoms with E-state index >= 15 is 0 Å². The molecule has 0 unspecified atom stereocenters. The van der Waals surface area contributed by atoms with Crippen LogP contribution in [0.15, 0.2) is 84.2 Å². The number of ether oxygens (including phenoxy) is 1. The molecular formula is C20H15N3O3. The fourth-order valence-electron chi connectivity index (χ4n) is 2.13. The third-order valence-corrected chi connectivity index (χ3v) is 3.40. The van der Waals surface area contributed by atoms with Gasteiger partial charge in [0.05, 0.1) is 11.8 Å². The van der Waals surface area contributed by atoms with Gasteiger partial charge in [0.25, 0.3) is 5.91 Å². The molecule has 0 aliphatic heterocycles. The molecule has 0 bridgehead atoms. The van der Waals surface area contributed by atoms with Crippen LogP contribution in [0.5, 0.6) is 5.75 Å². The van der Waals surface area contributed by atoms with E-state index in [2.05, 4.69) is 15.5 Å². The Morgan fingerprint density at radius 1 is 0.923 bits per heavy atom. The fraction of sp³-hybridized carbons (Fsp3) is 0. The summed E-state index contributed by atoms with van der Waals surface area (Å²) < 4.78 is 5.34. The van der Waals surface area contributed by atoms with Crippen LogP contribution in [0.2, 0.25) is 0 Å². The van der Waals surface area contributed by atoms with E-state index in [0.29, 0.717) is 22.4 Å². The molecular weight excluding hydrogens is 330 g/mol. The first-order chi connectivity index (χ1) is 12.7. The highest BCUT2D eigenvalue weighted by Gasteiger charge is 2.07. The minimum absolute atomic E-state index is 0.338. The molecule has 0 fully saturated rings. The zero-order valence-corrected chi connectivity index (χ0v) is 13.7. The summed E-state index contributed by atoms with van der Waals surface area (Å²) in [5.41, 5.74) is 4.04. The topological polar surface area (TPSA) is 80.6 Å². The summed E-state index contributed by atoms with van der Waals surface area (Å²) in [5.74, 6) is -0.385. The van der Waals surface area contributed by atoms with Crippen molar-refractivity contribution in [3.05, 3.63) is 95.8 Å². The normalized spacial score (nSPS) is 10.5. The number of hydrogen-bond acceptors (Lipinski definition) is 5. The predicted molar refractivity (Wildman–Crippen MR) is 97.1 cm³/mol. The molecule has 26 heavy (non-hydrogen) atoms. The quantitative estimate of drug-likeness (QED) is 0.333. The summed E-state index contributed by atoms with van der Waals surface area (Å²) in [4.78, 5) is 27.8. The van der Waals surface area contributed by atoms with E-state index in [-0.39, 0.29) is 5.91 Å². The van der Waals surface area contributed by atoms with Gasteiger partial charge in [-0.1, -0.05) is 30.3 Å². The SMILES string of the molecule is O=C(NN=Cc1cccc(OC(=O)c2ccccc2)c1)c1ccncc1. The van der Waals surface area contributed by atoms with Gasteiger partial charge in [-0.3, -0.25) is 9.78 Å². The van der Waals surface area contributed by atoms with E-state index in [1.807, 2.05) is 6.07 Å². The first-order valence-electron chi connectivity index (χ1n) is 7.83. The van der Waals surface area contributed by atoms with Gasteiger partial charge in [-0.2, -0.15) is 5.10 Å². The van der Waals surface area contributed by atoms with E-state index in [1.54, 1.807) is 60.7 Å². The van der Waals surface area contributed by atoms with Gasteiger partial charge in [-0.25, -0.2) is 10.2 Å². The first-order valence-corrected chi connectivity index (χ1v) is 7.83. The number of pyridine rings is 1. The molecule has 2 aromatic carbocycles. The van der Waals surface area contributed by atoms with Gasteiger partial charge in [0.2, 0.25) is 0 Å². The van der Waals surface area contributed by atoms with Gasteiger partial charge >= 0.3 is 5.97 Å². The average molecular weight is 345 g/mol. The molecule has 128 valence electrons. The molecule has 1 heterocycles. The molecule has 0 saturated carbocycles. The lowest BCUT2D eigenvalue weighted by Crippen LogP contribution is -2.17. The van der Waals surface area contributed by atoms with Crippen LogP contribution in [0.3, 0.4) is 0 Å². The molecule has 3 rings (SSSR count). The Balaban J connectivity index is 1.62.